The van der Waals surface area contributed by atoms with Crippen LogP contribution in [0.1, 0.15) is 37.0 Å². The third-order valence-corrected chi connectivity index (χ3v) is 3.77. The van der Waals surface area contributed by atoms with E-state index in [0.29, 0.717) is 6.54 Å². The highest BCUT2D eigenvalue weighted by atomic mass is 15.0. The molecule has 1 aromatic carbocycles. The van der Waals surface area contributed by atoms with Crippen LogP contribution in [0.25, 0.3) is 0 Å². The molecular formula is C15H26N2. The summed E-state index contributed by atoms with van der Waals surface area (Å²) in [5.41, 5.74) is 10.00. The van der Waals surface area contributed by atoms with Crippen molar-refractivity contribution in [1.82, 2.24) is 5.32 Å². The van der Waals surface area contributed by atoms with Gasteiger partial charge in [0, 0.05) is 12.1 Å². The lowest BCUT2D eigenvalue weighted by Gasteiger charge is -2.28. The monoisotopic (exact) mass is 234 g/mol. The summed E-state index contributed by atoms with van der Waals surface area (Å²) in [5.74, 6) is 0. The summed E-state index contributed by atoms with van der Waals surface area (Å²) < 4.78 is 0. The summed E-state index contributed by atoms with van der Waals surface area (Å²) in [5, 5.41) is 3.55. The molecule has 2 nitrogen and oxygen atoms in total. The molecule has 1 aromatic rings. The molecule has 96 valence electrons. The minimum Gasteiger partial charge on any atom is -0.329 e. The van der Waals surface area contributed by atoms with Crippen molar-refractivity contribution in [3.05, 3.63) is 34.9 Å². The molecule has 0 bridgehead atoms. The number of nitrogens with two attached hydrogens (primary N) is 1. The van der Waals surface area contributed by atoms with E-state index in [2.05, 4.69) is 51.2 Å². The second-order valence-corrected chi connectivity index (χ2v) is 5.21. The molecular weight excluding hydrogens is 208 g/mol. The summed E-state index contributed by atoms with van der Waals surface area (Å²) in [6.45, 7) is 10.4. The molecule has 0 saturated carbocycles. The van der Waals surface area contributed by atoms with Gasteiger partial charge in [-0.15, -0.1) is 0 Å². The van der Waals surface area contributed by atoms with E-state index in [1.54, 1.807) is 0 Å². The van der Waals surface area contributed by atoms with Crippen molar-refractivity contribution < 1.29 is 0 Å². The maximum Gasteiger partial charge on any atom is 0.0273 e. The normalized spacial score (nSPS) is 14.6. The lowest BCUT2D eigenvalue weighted by atomic mass is 9.98. The van der Waals surface area contributed by atoms with Crippen LogP contribution in [-0.4, -0.2) is 18.6 Å². The smallest absolute Gasteiger partial charge is 0.0273 e. The SMILES string of the molecule is CCC(C)(CN)NCCc1ccc(C)c(C)c1. The largest absolute Gasteiger partial charge is 0.329 e. The molecule has 1 unspecified atom stereocenters. The van der Waals surface area contributed by atoms with Crippen molar-refractivity contribution in [2.75, 3.05) is 13.1 Å². The molecule has 1 rings (SSSR count). The number of nitrogens with one attached hydrogen (secondary N) is 1. The first-order chi connectivity index (χ1) is 8.00. The second kappa shape index (κ2) is 6.18. The van der Waals surface area contributed by atoms with Crippen LogP contribution in [-0.2, 0) is 6.42 Å². The Balaban J connectivity index is 2.48. The van der Waals surface area contributed by atoms with Crippen molar-refractivity contribution in [3.8, 4) is 0 Å². The Kier molecular flexibility index (Phi) is 5.16. The Morgan fingerprint density at radius 3 is 2.47 bits per heavy atom. The first-order valence-electron chi connectivity index (χ1n) is 6.52. The Morgan fingerprint density at radius 1 is 1.24 bits per heavy atom. The Bertz CT molecular complexity index is 354. The maximum absolute atomic E-state index is 5.78. The fraction of sp³-hybridized carbons (Fsp3) is 0.600. The fourth-order valence-corrected chi connectivity index (χ4v) is 1.81. The highest BCUT2D eigenvalue weighted by Gasteiger charge is 2.18. The molecule has 17 heavy (non-hydrogen) atoms. The van der Waals surface area contributed by atoms with E-state index in [0.717, 1.165) is 19.4 Å². The molecule has 3 N–H and O–H groups in total. The van der Waals surface area contributed by atoms with Crippen molar-refractivity contribution >= 4 is 0 Å². The van der Waals surface area contributed by atoms with Crippen LogP contribution in [0.3, 0.4) is 0 Å². The zero-order valence-corrected chi connectivity index (χ0v) is 11.6. The van der Waals surface area contributed by atoms with Crippen molar-refractivity contribution in [1.29, 1.82) is 0 Å². The lowest BCUT2D eigenvalue weighted by Crippen LogP contribution is -2.48. The second-order valence-electron chi connectivity index (χ2n) is 5.21. The number of hydrogen-bond donors (Lipinski definition) is 2. The van der Waals surface area contributed by atoms with Gasteiger partial charge in [0.05, 0.1) is 0 Å². The fourth-order valence-electron chi connectivity index (χ4n) is 1.81. The molecule has 0 fully saturated rings. The van der Waals surface area contributed by atoms with Gasteiger partial charge in [-0.3, -0.25) is 0 Å². The van der Waals surface area contributed by atoms with Gasteiger partial charge in [0.15, 0.2) is 0 Å². The van der Waals surface area contributed by atoms with Crippen molar-refractivity contribution in [2.24, 2.45) is 5.73 Å². The average Bonchev–Trinajstić information content (AvgIpc) is 2.33. The summed E-state index contributed by atoms with van der Waals surface area (Å²) in [4.78, 5) is 0. The molecule has 2 heteroatoms. The molecule has 1 atom stereocenters. The predicted molar refractivity (Wildman–Crippen MR) is 75.4 cm³/mol. The Hall–Kier alpha value is -0.860. The quantitative estimate of drug-likeness (QED) is 0.794. The zero-order chi connectivity index (χ0) is 12.9. The van der Waals surface area contributed by atoms with E-state index in [4.69, 9.17) is 5.73 Å². The third kappa shape index (κ3) is 4.14. The van der Waals surface area contributed by atoms with Crippen LogP contribution in [0.2, 0.25) is 0 Å². The zero-order valence-electron chi connectivity index (χ0n) is 11.6. The molecule has 0 aliphatic heterocycles. The number of aryl methyl sites for hydroxylation is 2. The third-order valence-electron chi connectivity index (χ3n) is 3.77. The molecule has 0 spiro atoms. The van der Waals surface area contributed by atoms with E-state index in [1.807, 2.05) is 0 Å². The van der Waals surface area contributed by atoms with E-state index in [1.165, 1.54) is 16.7 Å². The highest BCUT2D eigenvalue weighted by molar-refractivity contribution is 5.30. The summed E-state index contributed by atoms with van der Waals surface area (Å²) in [6, 6.07) is 6.70. The van der Waals surface area contributed by atoms with Gasteiger partial charge >= 0.3 is 0 Å². The molecule has 0 aliphatic rings. The number of hydrogen-bond acceptors (Lipinski definition) is 2. The first-order valence-corrected chi connectivity index (χ1v) is 6.52. The van der Waals surface area contributed by atoms with Crippen LogP contribution in [0.15, 0.2) is 18.2 Å². The van der Waals surface area contributed by atoms with Crippen LogP contribution >= 0.6 is 0 Å². The maximum atomic E-state index is 5.78. The van der Waals surface area contributed by atoms with Gasteiger partial charge in [0.2, 0.25) is 0 Å². The van der Waals surface area contributed by atoms with Gasteiger partial charge in [-0.05, 0) is 56.8 Å². The van der Waals surface area contributed by atoms with Gasteiger partial charge in [-0.1, -0.05) is 25.1 Å². The van der Waals surface area contributed by atoms with Gasteiger partial charge in [-0.2, -0.15) is 0 Å². The van der Waals surface area contributed by atoms with Crippen molar-refractivity contribution in [3.63, 3.8) is 0 Å². The van der Waals surface area contributed by atoms with Gasteiger partial charge in [0.1, 0.15) is 0 Å². The number of rotatable bonds is 6. The van der Waals surface area contributed by atoms with Crippen molar-refractivity contribution in [2.45, 2.75) is 46.1 Å². The molecule has 0 heterocycles. The van der Waals surface area contributed by atoms with Crippen LogP contribution in [0.5, 0.6) is 0 Å². The van der Waals surface area contributed by atoms with E-state index in [9.17, 15) is 0 Å². The van der Waals surface area contributed by atoms with Gasteiger partial charge in [-0.25, -0.2) is 0 Å². The average molecular weight is 234 g/mol. The lowest BCUT2D eigenvalue weighted by molar-refractivity contribution is 0.355. The molecule has 0 saturated heterocycles. The van der Waals surface area contributed by atoms with Gasteiger partial charge < -0.3 is 11.1 Å². The Morgan fingerprint density at radius 2 is 1.94 bits per heavy atom. The summed E-state index contributed by atoms with van der Waals surface area (Å²) in [6.07, 6.45) is 2.13. The van der Waals surface area contributed by atoms with Crippen LogP contribution < -0.4 is 11.1 Å². The number of benzene rings is 1. The van der Waals surface area contributed by atoms with Crippen LogP contribution in [0.4, 0.5) is 0 Å². The van der Waals surface area contributed by atoms with E-state index >= 15 is 0 Å². The van der Waals surface area contributed by atoms with E-state index in [-0.39, 0.29) is 5.54 Å². The molecule has 0 aromatic heterocycles. The Labute approximate surface area is 106 Å². The van der Waals surface area contributed by atoms with Crippen LogP contribution in [0, 0.1) is 13.8 Å². The minimum atomic E-state index is 0.0831. The minimum absolute atomic E-state index is 0.0831. The highest BCUT2D eigenvalue weighted by Crippen LogP contribution is 2.11. The summed E-state index contributed by atoms with van der Waals surface area (Å²) in [7, 11) is 0. The van der Waals surface area contributed by atoms with Gasteiger partial charge in [0.25, 0.3) is 0 Å². The molecule has 0 amide bonds. The topological polar surface area (TPSA) is 38.0 Å². The standard InChI is InChI=1S/C15H26N2/c1-5-15(4,11-16)17-9-8-14-7-6-12(2)13(3)10-14/h6-7,10,17H,5,8-9,11,16H2,1-4H3. The first kappa shape index (κ1) is 14.2. The predicted octanol–water partition coefficient (Wildman–Crippen LogP) is 2.56. The molecule has 0 radical (unpaired) electrons. The van der Waals surface area contributed by atoms with E-state index < -0.39 is 0 Å². The summed E-state index contributed by atoms with van der Waals surface area (Å²) >= 11 is 0. The molecule has 0 aliphatic carbocycles.